The van der Waals surface area contributed by atoms with Crippen LogP contribution in [0.4, 0.5) is 0 Å². The molecule has 0 aromatic carbocycles. The fourth-order valence-electron chi connectivity index (χ4n) is 2.91. The predicted molar refractivity (Wildman–Crippen MR) is 75.2 cm³/mol. The summed E-state index contributed by atoms with van der Waals surface area (Å²) in [7, 11) is 0. The van der Waals surface area contributed by atoms with Crippen LogP contribution in [0.2, 0.25) is 0 Å². The lowest BCUT2D eigenvalue weighted by Gasteiger charge is -2.19. The SMILES string of the molecule is O=C(O)CCCCC(=O)CC[C@H]1[C@H](O)CC(=O)[C@@H]1CC(=O)O. The van der Waals surface area contributed by atoms with E-state index >= 15 is 0 Å². The van der Waals surface area contributed by atoms with Crippen molar-refractivity contribution in [3.8, 4) is 0 Å². The zero-order valence-electron chi connectivity index (χ0n) is 12.4. The maximum absolute atomic E-state index is 11.7. The van der Waals surface area contributed by atoms with Crippen molar-refractivity contribution in [1.29, 1.82) is 0 Å². The lowest BCUT2D eigenvalue weighted by molar-refractivity contribution is -0.140. The number of ketones is 2. The van der Waals surface area contributed by atoms with Gasteiger partial charge in [0.25, 0.3) is 0 Å². The molecule has 1 rings (SSSR count). The molecule has 1 saturated carbocycles. The Kier molecular flexibility index (Phi) is 7.17. The van der Waals surface area contributed by atoms with Crippen molar-refractivity contribution in [3.05, 3.63) is 0 Å². The van der Waals surface area contributed by atoms with Crippen molar-refractivity contribution in [2.45, 2.75) is 57.5 Å². The number of aliphatic hydroxyl groups is 1. The third-order valence-electron chi connectivity index (χ3n) is 4.08. The molecular formula is C15H22O7. The van der Waals surface area contributed by atoms with Gasteiger partial charge in [-0.1, -0.05) is 0 Å². The number of rotatable bonds is 10. The van der Waals surface area contributed by atoms with Crippen molar-refractivity contribution in [2.24, 2.45) is 11.8 Å². The first-order valence-corrected chi connectivity index (χ1v) is 7.47. The summed E-state index contributed by atoms with van der Waals surface area (Å²) in [4.78, 5) is 44.5. The van der Waals surface area contributed by atoms with Crippen molar-refractivity contribution >= 4 is 23.5 Å². The minimum absolute atomic E-state index is 0.0316. The van der Waals surface area contributed by atoms with Gasteiger partial charge in [-0.3, -0.25) is 19.2 Å². The van der Waals surface area contributed by atoms with Gasteiger partial charge in [0.2, 0.25) is 0 Å². The van der Waals surface area contributed by atoms with Crippen molar-refractivity contribution in [2.75, 3.05) is 0 Å². The summed E-state index contributed by atoms with van der Waals surface area (Å²) in [5, 5.41) is 27.1. The first kappa shape index (κ1) is 18.3. The number of hydrogen-bond donors (Lipinski definition) is 3. The van der Waals surface area contributed by atoms with Gasteiger partial charge in [0.1, 0.15) is 11.6 Å². The molecule has 0 aromatic rings. The molecule has 0 aliphatic heterocycles. The summed E-state index contributed by atoms with van der Waals surface area (Å²) in [6, 6.07) is 0. The monoisotopic (exact) mass is 314 g/mol. The van der Waals surface area contributed by atoms with Crippen molar-refractivity contribution in [3.63, 3.8) is 0 Å². The highest BCUT2D eigenvalue weighted by Gasteiger charge is 2.42. The number of carbonyl (C=O) groups is 4. The summed E-state index contributed by atoms with van der Waals surface area (Å²) in [6.07, 6.45) is 0.473. The standard InChI is InChI=1S/C15H22O7/c16-9(3-1-2-4-14(19)20)5-6-10-11(7-15(21)22)13(18)8-12(10)17/h10-12,17H,1-8H2,(H,19,20)(H,21,22)/t10-,11-,12-/m1/s1. The Morgan fingerprint density at radius 2 is 1.64 bits per heavy atom. The Hall–Kier alpha value is -1.76. The van der Waals surface area contributed by atoms with Gasteiger partial charge >= 0.3 is 11.9 Å². The number of carboxylic acids is 2. The Bertz CT molecular complexity index is 443. The molecule has 0 aromatic heterocycles. The van der Waals surface area contributed by atoms with Crippen LogP contribution in [0.1, 0.15) is 51.4 Å². The average Bonchev–Trinajstić information content (AvgIpc) is 2.66. The molecule has 0 unspecified atom stereocenters. The smallest absolute Gasteiger partial charge is 0.304 e. The summed E-state index contributed by atoms with van der Waals surface area (Å²) in [5.41, 5.74) is 0. The number of Topliss-reactive ketones (excluding diaryl/α,β-unsaturated/α-hetero) is 2. The second kappa shape index (κ2) is 8.63. The van der Waals surface area contributed by atoms with E-state index in [2.05, 4.69) is 0 Å². The zero-order valence-corrected chi connectivity index (χ0v) is 12.4. The highest BCUT2D eigenvalue weighted by atomic mass is 16.4. The van der Waals surface area contributed by atoms with E-state index < -0.39 is 29.9 Å². The van der Waals surface area contributed by atoms with Crippen molar-refractivity contribution in [1.82, 2.24) is 0 Å². The molecule has 1 aliphatic rings. The zero-order chi connectivity index (χ0) is 16.7. The van der Waals surface area contributed by atoms with E-state index in [4.69, 9.17) is 10.2 Å². The van der Waals surface area contributed by atoms with Crippen LogP contribution in [-0.2, 0) is 19.2 Å². The van der Waals surface area contributed by atoms with Crippen LogP contribution >= 0.6 is 0 Å². The fourth-order valence-corrected chi connectivity index (χ4v) is 2.91. The van der Waals surface area contributed by atoms with Crippen LogP contribution in [-0.4, -0.2) is 44.9 Å². The Morgan fingerprint density at radius 3 is 2.23 bits per heavy atom. The molecule has 7 nitrogen and oxygen atoms in total. The summed E-state index contributed by atoms with van der Waals surface area (Å²) in [5.74, 6) is -3.48. The summed E-state index contributed by atoms with van der Waals surface area (Å²) >= 11 is 0. The molecule has 0 spiro atoms. The van der Waals surface area contributed by atoms with Crippen LogP contribution in [0, 0.1) is 11.8 Å². The van der Waals surface area contributed by atoms with E-state index in [1.807, 2.05) is 0 Å². The number of aliphatic carboxylic acids is 2. The minimum atomic E-state index is -1.09. The fraction of sp³-hybridized carbons (Fsp3) is 0.733. The van der Waals surface area contributed by atoms with Gasteiger partial charge in [-0.05, 0) is 25.2 Å². The topological polar surface area (TPSA) is 129 Å². The van der Waals surface area contributed by atoms with Gasteiger partial charge in [0.05, 0.1) is 12.5 Å². The maximum atomic E-state index is 11.7. The van der Waals surface area contributed by atoms with E-state index in [1.165, 1.54) is 0 Å². The molecule has 3 N–H and O–H groups in total. The van der Waals surface area contributed by atoms with Gasteiger partial charge in [-0.2, -0.15) is 0 Å². The Labute approximate surface area is 128 Å². The molecular weight excluding hydrogens is 292 g/mol. The number of carbonyl (C=O) groups excluding carboxylic acids is 2. The van der Waals surface area contributed by atoms with Gasteiger partial charge in [-0.15, -0.1) is 0 Å². The van der Waals surface area contributed by atoms with Crippen molar-refractivity contribution < 1.29 is 34.5 Å². The molecule has 0 heterocycles. The van der Waals surface area contributed by atoms with E-state index in [9.17, 15) is 24.3 Å². The normalized spacial score (nSPS) is 24.4. The average molecular weight is 314 g/mol. The van der Waals surface area contributed by atoms with Gasteiger partial charge < -0.3 is 15.3 Å². The molecule has 1 aliphatic carbocycles. The maximum Gasteiger partial charge on any atom is 0.304 e. The number of hydrogen-bond acceptors (Lipinski definition) is 5. The molecule has 7 heteroatoms. The highest BCUT2D eigenvalue weighted by molar-refractivity contribution is 5.88. The molecule has 0 bridgehead atoms. The van der Waals surface area contributed by atoms with E-state index in [-0.39, 0.29) is 43.7 Å². The second-order valence-corrected chi connectivity index (χ2v) is 5.78. The predicted octanol–water partition coefficient (Wildman–Crippen LogP) is 1.02. The van der Waals surface area contributed by atoms with Gasteiger partial charge in [0.15, 0.2) is 0 Å². The van der Waals surface area contributed by atoms with Gasteiger partial charge in [0, 0.05) is 31.6 Å². The lowest BCUT2D eigenvalue weighted by atomic mass is 9.86. The molecule has 22 heavy (non-hydrogen) atoms. The number of unbranched alkanes of at least 4 members (excludes halogenated alkanes) is 1. The molecule has 0 amide bonds. The first-order chi connectivity index (χ1) is 10.3. The molecule has 0 saturated heterocycles. The van der Waals surface area contributed by atoms with E-state index in [0.29, 0.717) is 19.3 Å². The van der Waals surface area contributed by atoms with Crippen LogP contribution in [0.15, 0.2) is 0 Å². The third kappa shape index (κ3) is 5.93. The lowest BCUT2D eigenvalue weighted by Crippen LogP contribution is -2.24. The molecule has 1 fully saturated rings. The second-order valence-electron chi connectivity index (χ2n) is 5.78. The molecule has 3 atom stereocenters. The Balaban J connectivity index is 2.37. The largest absolute Gasteiger partial charge is 0.481 e. The summed E-state index contributed by atoms with van der Waals surface area (Å²) < 4.78 is 0. The van der Waals surface area contributed by atoms with Crippen LogP contribution in [0.3, 0.4) is 0 Å². The number of carboxylic acid groups (broad SMARTS) is 2. The summed E-state index contributed by atoms with van der Waals surface area (Å²) in [6.45, 7) is 0. The molecule has 124 valence electrons. The van der Waals surface area contributed by atoms with E-state index in [0.717, 1.165) is 0 Å². The van der Waals surface area contributed by atoms with Crippen LogP contribution in [0.25, 0.3) is 0 Å². The van der Waals surface area contributed by atoms with E-state index in [1.54, 1.807) is 0 Å². The number of aliphatic hydroxyl groups excluding tert-OH is 1. The van der Waals surface area contributed by atoms with Crippen LogP contribution < -0.4 is 0 Å². The molecule has 0 radical (unpaired) electrons. The quantitative estimate of drug-likeness (QED) is 0.513. The van der Waals surface area contributed by atoms with Gasteiger partial charge in [-0.25, -0.2) is 0 Å². The van der Waals surface area contributed by atoms with Crippen LogP contribution in [0.5, 0.6) is 0 Å². The minimum Gasteiger partial charge on any atom is -0.481 e. The first-order valence-electron chi connectivity index (χ1n) is 7.47. The highest BCUT2D eigenvalue weighted by Crippen LogP contribution is 2.35. The Morgan fingerprint density at radius 1 is 1.00 bits per heavy atom. The third-order valence-corrected chi connectivity index (χ3v) is 4.08.